The van der Waals surface area contributed by atoms with Crippen LogP contribution in [0.5, 0.6) is 0 Å². The molecule has 21 heavy (non-hydrogen) atoms. The average Bonchev–Trinajstić information content (AvgIpc) is 2.86. The Morgan fingerprint density at radius 1 is 1.38 bits per heavy atom. The first-order chi connectivity index (χ1) is 10.0. The lowest BCUT2D eigenvalue weighted by molar-refractivity contribution is 0.0451. The molecular weight excluding hydrogens is 266 g/mol. The molecule has 1 aliphatic carbocycles. The van der Waals surface area contributed by atoms with E-state index in [4.69, 9.17) is 4.74 Å². The van der Waals surface area contributed by atoms with Crippen molar-refractivity contribution in [2.45, 2.75) is 65.8 Å². The molecule has 2 rings (SSSR count). The van der Waals surface area contributed by atoms with Crippen LogP contribution in [0, 0.1) is 18.8 Å². The van der Waals surface area contributed by atoms with Gasteiger partial charge in [-0.05, 0) is 31.6 Å². The Labute approximate surface area is 127 Å². The molecule has 2 atom stereocenters. The molecule has 0 bridgehead atoms. The monoisotopic (exact) mass is 293 g/mol. The molecule has 5 nitrogen and oxygen atoms in total. The first kappa shape index (κ1) is 16.0. The van der Waals surface area contributed by atoms with Crippen molar-refractivity contribution in [1.29, 1.82) is 0 Å². The summed E-state index contributed by atoms with van der Waals surface area (Å²) in [5.41, 5.74) is 1.21. The zero-order valence-corrected chi connectivity index (χ0v) is 13.6. The quantitative estimate of drug-likeness (QED) is 0.779. The second-order valence-corrected chi connectivity index (χ2v) is 6.48. The maximum absolute atomic E-state index is 12.1. The highest BCUT2D eigenvalue weighted by molar-refractivity contribution is 5.88. The number of nitrogens with zero attached hydrogens (tertiary/aromatic N) is 3. The molecule has 0 amide bonds. The predicted molar refractivity (Wildman–Crippen MR) is 81.2 cm³/mol. The van der Waals surface area contributed by atoms with Crippen molar-refractivity contribution >= 4 is 5.97 Å². The molecule has 118 valence electrons. The Kier molecular flexibility index (Phi) is 5.37. The minimum absolute atomic E-state index is 0.326. The summed E-state index contributed by atoms with van der Waals surface area (Å²) in [5, 5.41) is 8.33. The van der Waals surface area contributed by atoms with Gasteiger partial charge in [0.1, 0.15) is 0 Å². The lowest BCUT2D eigenvalue weighted by Crippen LogP contribution is -2.25. The molecule has 1 aliphatic rings. The third kappa shape index (κ3) is 3.63. The Morgan fingerprint density at radius 2 is 2.10 bits per heavy atom. The smallest absolute Gasteiger partial charge is 0.360 e. The van der Waals surface area contributed by atoms with Gasteiger partial charge in [-0.2, -0.15) is 0 Å². The molecule has 1 fully saturated rings. The van der Waals surface area contributed by atoms with E-state index in [1.54, 1.807) is 0 Å². The summed E-state index contributed by atoms with van der Waals surface area (Å²) >= 11 is 0. The van der Waals surface area contributed by atoms with E-state index >= 15 is 0 Å². The van der Waals surface area contributed by atoms with Crippen LogP contribution in [0.1, 0.15) is 75.1 Å². The van der Waals surface area contributed by atoms with Crippen molar-refractivity contribution in [3.8, 4) is 0 Å². The first-order valence-electron chi connectivity index (χ1n) is 8.13. The summed E-state index contributed by atoms with van der Waals surface area (Å²) in [6.07, 6.45) is 6.05. The Hall–Kier alpha value is -1.39. The number of esters is 1. The number of aromatic nitrogens is 3. The third-order valence-corrected chi connectivity index (χ3v) is 4.38. The highest BCUT2D eigenvalue weighted by Crippen LogP contribution is 2.36. The van der Waals surface area contributed by atoms with Crippen molar-refractivity contribution in [2.24, 2.45) is 11.8 Å². The fourth-order valence-electron chi connectivity index (χ4n) is 3.14. The normalized spacial score (nSPS) is 22.5. The molecule has 0 aliphatic heterocycles. The molecule has 2 unspecified atom stereocenters. The zero-order valence-electron chi connectivity index (χ0n) is 13.6. The van der Waals surface area contributed by atoms with Gasteiger partial charge >= 0.3 is 5.97 Å². The molecule has 1 saturated carbocycles. The van der Waals surface area contributed by atoms with Gasteiger partial charge in [0.15, 0.2) is 5.69 Å². The number of hydrogen-bond donors (Lipinski definition) is 0. The van der Waals surface area contributed by atoms with Crippen LogP contribution in [0.25, 0.3) is 0 Å². The zero-order chi connectivity index (χ0) is 15.4. The maximum Gasteiger partial charge on any atom is 0.360 e. The lowest BCUT2D eigenvalue weighted by Gasteiger charge is -2.31. The molecule has 1 heterocycles. The molecule has 0 saturated heterocycles. The Bertz CT molecular complexity index is 482. The van der Waals surface area contributed by atoms with Crippen molar-refractivity contribution in [3.63, 3.8) is 0 Å². The predicted octanol–water partition coefficient (Wildman–Crippen LogP) is 3.54. The minimum Gasteiger partial charge on any atom is -0.461 e. The molecule has 0 radical (unpaired) electrons. The molecule has 5 heteroatoms. The summed E-state index contributed by atoms with van der Waals surface area (Å²) in [4.78, 5) is 12.1. The second-order valence-electron chi connectivity index (χ2n) is 6.48. The number of rotatable bonds is 5. The van der Waals surface area contributed by atoms with Crippen LogP contribution in [0.2, 0.25) is 0 Å². The SMILES string of the molecule is CCC1CCCCC1n1nnc(C(=O)OCC(C)C)c1C. The number of carbonyl (C=O) groups excluding carboxylic acids is 1. The van der Waals surface area contributed by atoms with Gasteiger partial charge in [-0.3, -0.25) is 0 Å². The van der Waals surface area contributed by atoms with E-state index < -0.39 is 0 Å². The van der Waals surface area contributed by atoms with Crippen LogP contribution in [0.4, 0.5) is 0 Å². The van der Waals surface area contributed by atoms with E-state index in [2.05, 4.69) is 17.2 Å². The summed E-state index contributed by atoms with van der Waals surface area (Å²) in [6, 6.07) is 0.378. The van der Waals surface area contributed by atoms with Crippen LogP contribution < -0.4 is 0 Å². The van der Waals surface area contributed by atoms with Gasteiger partial charge < -0.3 is 4.74 Å². The van der Waals surface area contributed by atoms with E-state index in [0.29, 0.717) is 30.2 Å². The van der Waals surface area contributed by atoms with Gasteiger partial charge in [0.25, 0.3) is 0 Å². The number of carbonyl (C=O) groups is 1. The molecule has 0 spiro atoms. The number of ether oxygens (including phenoxy) is 1. The van der Waals surface area contributed by atoms with Gasteiger partial charge in [0.05, 0.1) is 18.3 Å². The topological polar surface area (TPSA) is 57.0 Å². The van der Waals surface area contributed by atoms with Crippen LogP contribution in [0.3, 0.4) is 0 Å². The van der Waals surface area contributed by atoms with Gasteiger partial charge in [-0.15, -0.1) is 5.10 Å². The summed E-state index contributed by atoms with van der Waals surface area (Å²) < 4.78 is 7.23. The fraction of sp³-hybridized carbons (Fsp3) is 0.812. The van der Waals surface area contributed by atoms with E-state index in [0.717, 1.165) is 18.5 Å². The van der Waals surface area contributed by atoms with E-state index in [-0.39, 0.29) is 5.97 Å². The molecule has 0 N–H and O–H groups in total. The maximum atomic E-state index is 12.1. The van der Waals surface area contributed by atoms with Gasteiger partial charge in [-0.25, -0.2) is 9.48 Å². The van der Waals surface area contributed by atoms with Crippen LogP contribution in [-0.4, -0.2) is 27.6 Å². The van der Waals surface area contributed by atoms with E-state index in [1.807, 2.05) is 25.5 Å². The fourth-order valence-corrected chi connectivity index (χ4v) is 3.14. The highest BCUT2D eigenvalue weighted by atomic mass is 16.5. The standard InChI is InChI=1S/C16H27N3O2/c1-5-13-8-6-7-9-14(13)19-12(4)15(17-18-19)16(20)21-10-11(2)3/h11,13-14H,5-10H2,1-4H3. The number of hydrogen-bond acceptors (Lipinski definition) is 4. The van der Waals surface area contributed by atoms with Crippen LogP contribution in [0.15, 0.2) is 0 Å². The first-order valence-corrected chi connectivity index (χ1v) is 8.13. The third-order valence-electron chi connectivity index (χ3n) is 4.38. The lowest BCUT2D eigenvalue weighted by atomic mass is 9.83. The largest absolute Gasteiger partial charge is 0.461 e. The second kappa shape index (κ2) is 7.05. The van der Waals surface area contributed by atoms with Crippen LogP contribution >= 0.6 is 0 Å². The minimum atomic E-state index is -0.351. The van der Waals surface area contributed by atoms with Gasteiger partial charge in [0.2, 0.25) is 0 Å². The highest BCUT2D eigenvalue weighted by Gasteiger charge is 2.29. The Morgan fingerprint density at radius 3 is 2.76 bits per heavy atom. The molecular formula is C16H27N3O2. The van der Waals surface area contributed by atoms with Crippen molar-refractivity contribution in [1.82, 2.24) is 15.0 Å². The van der Waals surface area contributed by atoms with Gasteiger partial charge in [-0.1, -0.05) is 45.2 Å². The van der Waals surface area contributed by atoms with Crippen molar-refractivity contribution in [2.75, 3.05) is 6.61 Å². The molecule has 1 aromatic rings. The Balaban J connectivity index is 2.14. The van der Waals surface area contributed by atoms with Crippen LogP contribution in [-0.2, 0) is 4.74 Å². The summed E-state index contributed by atoms with van der Waals surface area (Å²) in [5.74, 6) is 0.613. The molecule has 0 aromatic carbocycles. The summed E-state index contributed by atoms with van der Waals surface area (Å²) in [6.45, 7) is 8.61. The molecule has 1 aromatic heterocycles. The van der Waals surface area contributed by atoms with Gasteiger partial charge in [0, 0.05) is 0 Å². The van der Waals surface area contributed by atoms with E-state index in [9.17, 15) is 4.79 Å². The van der Waals surface area contributed by atoms with E-state index in [1.165, 1.54) is 19.3 Å². The van der Waals surface area contributed by atoms with Crippen molar-refractivity contribution in [3.05, 3.63) is 11.4 Å². The summed E-state index contributed by atoms with van der Waals surface area (Å²) in [7, 11) is 0. The van der Waals surface area contributed by atoms with Crippen molar-refractivity contribution < 1.29 is 9.53 Å². The average molecular weight is 293 g/mol.